The second-order valence-corrected chi connectivity index (χ2v) is 12.5. The number of aliphatic carboxylic acids is 1. The molecule has 0 rings (SSSR count). The highest BCUT2D eigenvalue weighted by atomic mass is 16.5. The zero-order valence-electron chi connectivity index (χ0n) is 28.8. The number of nitrogens with one attached hydrogen (secondary N) is 1. The quantitative estimate of drug-likeness (QED) is 0.0433. The number of hydrogen-bond donors (Lipinski definition) is 2. The number of carbonyl (C=O) groups is 3. The second-order valence-electron chi connectivity index (χ2n) is 12.5. The van der Waals surface area contributed by atoms with Crippen molar-refractivity contribution in [2.24, 2.45) is 0 Å². The molecule has 44 heavy (non-hydrogen) atoms. The van der Waals surface area contributed by atoms with E-state index < -0.39 is 5.97 Å². The third kappa shape index (κ3) is 32.8. The lowest BCUT2D eigenvalue weighted by Crippen LogP contribution is -2.28. The van der Waals surface area contributed by atoms with Gasteiger partial charge in [0.2, 0.25) is 5.91 Å². The van der Waals surface area contributed by atoms with E-state index in [1.165, 1.54) is 109 Å². The molecule has 1 amide bonds. The summed E-state index contributed by atoms with van der Waals surface area (Å²) in [5.41, 5.74) is 0. The van der Waals surface area contributed by atoms with Gasteiger partial charge in [-0.2, -0.15) is 0 Å². The molecule has 0 aromatic heterocycles. The van der Waals surface area contributed by atoms with Crippen LogP contribution in [-0.4, -0.2) is 35.6 Å². The van der Waals surface area contributed by atoms with E-state index in [0.717, 1.165) is 51.4 Å². The molecule has 0 radical (unpaired) electrons. The van der Waals surface area contributed by atoms with Gasteiger partial charge in [0.05, 0.1) is 0 Å². The van der Waals surface area contributed by atoms with E-state index in [9.17, 15) is 14.4 Å². The van der Waals surface area contributed by atoms with Crippen LogP contribution in [0.25, 0.3) is 0 Å². The van der Waals surface area contributed by atoms with Crippen molar-refractivity contribution in [1.82, 2.24) is 5.32 Å². The molecule has 0 aromatic carbocycles. The molecule has 2 N–H and O–H groups in total. The Hall–Kier alpha value is -2.11. The van der Waals surface area contributed by atoms with Crippen LogP contribution in [0.2, 0.25) is 0 Å². The first kappa shape index (κ1) is 41.9. The van der Waals surface area contributed by atoms with Gasteiger partial charge in [0, 0.05) is 12.8 Å². The van der Waals surface area contributed by atoms with Gasteiger partial charge in [0.25, 0.3) is 0 Å². The molecule has 1 atom stereocenters. The Bertz CT molecular complexity index is 733. The van der Waals surface area contributed by atoms with Gasteiger partial charge in [-0.3, -0.25) is 14.4 Å². The number of carboxylic acids is 1. The predicted molar refractivity (Wildman–Crippen MR) is 185 cm³/mol. The lowest BCUT2D eigenvalue weighted by Gasteiger charge is -2.15. The van der Waals surface area contributed by atoms with E-state index in [4.69, 9.17) is 9.84 Å². The molecule has 6 heteroatoms. The molecule has 6 nitrogen and oxygen atoms in total. The van der Waals surface area contributed by atoms with Crippen LogP contribution in [0.4, 0.5) is 0 Å². The minimum absolute atomic E-state index is 0.0902. The van der Waals surface area contributed by atoms with Crippen LogP contribution in [0.1, 0.15) is 187 Å². The zero-order chi connectivity index (χ0) is 32.4. The van der Waals surface area contributed by atoms with Crippen LogP contribution in [0.15, 0.2) is 24.3 Å². The highest BCUT2D eigenvalue weighted by Crippen LogP contribution is 2.15. The van der Waals surface area contributed by atoms with E-state index in [2.05, 4.69) is 43.5 Å². The van der Waals surface area contributed by atoms with E-state index in [0.29, 0.717) is 12.8 Å². The number of amides is 1. The molecular formula is C38H69NO5. The van der Waals surface area contributed by atoms with E-state index in [1.54, 1.807) is 0 Å². The summed E-state index contributed by atoms with van der Waals surface area (Å²) < 4.78 is 5.88. The molecule has 0 saturated carbocycles. The summed E-state index contributed by atoms with van der Waals surface area (Å²) in [5.74, 6) is -1.33. The fourth-order valence-corrected chi connectivity index (χ4v) is 5.30. The number of ether oxygens (including phenoxy) is 1. The van der Waals surface area contributed by atoms with Crippen LogP contribution >= 0.6 is 0 Å². The summed E-state index contributed by atoms with van der Waals surface area (Å²) in [6, 6.07) is 0. The third-order valence-electron chi connectivity index (χ3n) is 8.08. The Kier molecular flexibility index (Phi) is 32.2. The van der Waals surface area contributed by atoms with Gasteiger partial charge in [0.1, 0.15) is 12.6 Å². The normalized spacial score (nSPS) is 12.2. The zero-order valence-corrected chi connectivity index (χ0v) is 28.8. The van der Waals surface area contributed by atoms with E-state index in [1.807, 2.05) is 0 Å². The Morgan fingerprint density at radius 2 is 1.05 bits per heavy atom. The lowest BCUT2D eigenvalue weighted by atomic mass is 10.1. The van der Waals surface area contributed by atoms with Crippen LogP contribution in [-0.2, 0) is 19.1 Å². The Morgan fingerprint density at radius 1 is 0.591 bits per heavy atom. The number of allylic oxidation sites excluding steroid dienone is 3. The summed E-state index contributed by atoms with van der Waals surface area (Å²) >= 11 is 0. The first-order valence-electron chi connectivity index (χ1n) is 18.5. The summed E-state index contributed by atoms with van der Waals surface area (Å²) in [7, 11) is 0. The Morgan fingerprint density at radius 3 is 1.59 bits per heavy atom. The van der Waals surface area contributed by atoms with Gasteiger partial charge in [-0.15, -0.1) is 0 Å². The molecule has 0 saturated heterocycles. The van der Waals surface area contributed by atoms with Crippen molar-refractivity contribution >= 4 is 17.8 Å². The maximum absolute atomic E-state index is 12.6. The first-order chi connectivity index (χ1) is 21.5. The van der Waals surface area contributed by atoms with Crippen molar-refractivity contribution in [1.29, 1.82) is 0 Å². The third-order valence-corrected chi connectivity index (χ3v) is 8.08. The van der Waals surface area contributed by atoms with Crippen molar-refractivity contribution in [2.75, 3.05) is 6.54 Å². The highest BCUT2D eigenvalue weighted by molar-refractivity contribution is 5.80. The average Bonchev–Trinajstić information content (AvgIpc) is 3.00. The van der Waals surface area contributed by atoms with Crippen LogP contribution < -0.4 is 5.32 Å². The SMILES string of the molecule is CCCCCCC/C=C\CCCCCCCC(=O)OC(/C=C\CCCCCCCCC)CCCCCCC(=O)NCC(=O)O. The number of carbonyl (C=O) groups excluding carboxylic acids is 2. The molecule has 1 unspecified atom stereocenters. The Labute approximate surface area is 271 Å². The fraction of sp³-hybridized carbons (Fsp3) is 0.816. The minimum Gasteiger partial charge on any atom is -0.480 e. The molecule has 0 heterocycles. The fourth-order valence-electron chi connectivity index (χ4n) is 5.30. The van der Waals surface area contributed by atoms with Crippen LogP contribution in [0, 0.1) is 0 Å². The summed E-state index contributed by atoms with van der Waals surface area (Å²) in [5, 5.41) is 11.0. The molecule has 256 valence electrons. The summed E-state index contributed by atoms with van der Waals surface area (Å²) in [4.78, 5) is 34.8. The average molecular weight is 620 g/mol. The number of carboxylic acid groups (broad SMARTS) is 1. The standard InChI is InChI=1S/C38H69NO5/c1-3-5-7-9-11-13-14-15-16-17-19-21-23-29-33-38(43)44-35(30-26-22-20-18-12-10-8-6-4-2)31-27-24-25-28-32-36(40)39-34-37(41)42/h14-15,26,30,35H,3-13,16-25,27-29,31-34H2,1-2H3,(H,39,40)(H,41,42)/b15-14-,30-26-. The predicted octanol–water partition coefficient (Wildman–Crippen LogP) is 10.8. The van der Waals surface area contributed by atoms with Crippen molar-refractivity contribution in [2.45, 2.75) is 193 Å². The molecule has 0 spiro atoms. The maximum Gasteiger partial charge on any atom is 0.322 e. The van der Waals surface area contributed by atoms with Crippen LogP contribution in [0.5, 0.6) is 0 Å². The summed E-state index contributed by atoms with van der Waals surface area (Å²) in [6.07, 6.45) is 38.7. The number of hydrogen-bond acceptors (Lipinski definition) is 4. The molecule has 0 fully saturated rings. The molecule has 0 aliphatic heterocycles. The largest absolute Gasteiger partial charge is 0.480 e. The first-order valence-corrected chi connectivity index (χ1v) is 18.5. The molecule has 0 aromatic rings. The topological polar surface area (TPSA) is 92.7 Å². The van der Waals surface area contributed by atoms with Gasteiger partial charge in [0.15, 0.2) is 0 Å². The Balaban J connectivity index is 4.20. The van der Waals surface area contributed by atoms with Crippen molar-refractivity contribution in [3.63, 3.8) is 0 Å². The lowest BCUT2D eigenvalue weighted by molar-refractivity contribution is -0.147. The van der Waals surface area contributed by atoms with Crippen molar-refractivity contribution in [3.8, 4) is 0 Å². The molecule has 0 bridgehead atoms. The van der Waals surface area contributed by atoms with Gasteiger partial charge < -0.3 is 15.2 Å². The van der Waals surface area contributed by atoms with E-state index in [-0.39, 0.29) is 24.5 Å². The van der Waals surface area contributed by atoms with Gasteiger partial charge in [-0.05, 0) is 70.3 Å². The van der Waals surface area contributed by atoms with Gasteiger partial charge >= 0.3 is 11.9 Å². The van der Waals surface area contributed by atoms with E-state index >= 15 is 0 Å². The minimum atomic E-state index is -1.03. The van der Waals surface area contributed by atoms with Crippen molar-refractivity contribution in [3.05, 3.63) is 24.3 Å². The molecular weight excluding hydrogens is 550 g/mol. The maximum atomic E-state index is 12.6. The number of unbranched alkanes of at least 4 members (excludes halogenated alkanes) is 20. The summed E-state index contributed by atoms with van der Waals surface area (Å²) in [6.45, 7) is 4.18. The highest BCUT2D eigenvalue weighted by Gasteiger charge is 2.12. The smallest absolute Gasteiger partial charge is 0.322 e. The monoisotopic (exact) mass is 620 g/mol. The van der Waals surface area contributed by atoms with Gasteiger partial charge in [-0.1, -0.05) is 128 Å². The molecule has 0 aliphatic rings. The van der Waals surface area contributed by atoms with Gasteiger partial charge in [-0.25, -0.2) is 0 Å². The molecule has 0 aliphatic carbocycles. The van der Waals surface area contributed by atoms with Crippen LogP contribution in [0.3, 0.4) is 0 Å². The number of esters is 1. The second kappa shape index (κ2) is 33.8. The number of rotatable bonds is 33. The van der Waals surface area contributed by atoms with Crippen molar-refractivity contribution < 1.29 is 24.2 Å².